The second-order valence-corrected chi connectivity index (χ2v) is 6.03. The molecule has 0 saturated carbocycles. The minimum atomic E-state index is -1.63. The van der Waals surface area contributed by atoms with Crippen molar-refractivity contribution in [2.45, 2.75) is 17.4 Å². The number of oxazole rings is 1. The molecule has 0 spiro atoms. The molecule has 2 N–H and O–H groups in total. The van der Waals surface area contributed by atoms with Crippen LogP contribution < -0.4 is 5.73 Å². The van der Waals surface area contributed by atoms with Crippen molar-refractivity contribution in [3.8, 4) is 0 Å². The van der Waals surface area contributed by atoms with Crippen LogP contribution in [0.15, 0.2) is 27.8 Å². The molecule has 1 aromatic heterocycles. The Hall–Kier alpha value is -1.89. The zero-order valence-corrected chi connectivity index (χ0v) is 11.7. The van der Waals surface area contributed by atoms with E-state index in [1.807, 2.05) is 0 Å². The number of anilines is 1. The summed E-state index contributed by atoms with van der Waals surface area (Å²) in [5, 5.41) is -0.663. The SMILES string of the molecule is CC(C(=O)N(C)C)S(=O)c1nc2ccc(N)cc2o1. The Morgan fingerprint density at radius 2 is 2.16 bits per heavy atom. The summed E-state index contributed by atoms with van der Waals surface area (Å²) in [7, 11) is 1.60. The quantitative estimate of drug-likeness (QED) is 0.847. The van der Waals surface area contributed by atoms with Crippen LogP contribution in [-0.4, -0.2) is 39.3 Å². The molecule has 0 aliphatic carbocycles. The Kier molecular flexibility index (Phi) is 3.57. The summed E-state index contributed by atoms with van der Waals surface area (Å²) in [5.41, 5.74) is 7.21. The maximum Gasteiger partial charge on any atom is 0.288 e. The van der Waals surface area contributed by atoms with Crippen LogP contribution in [0.1, 0.15) is 6.92 Å². The van der Waals surface area contributed by atoms with Gasteiger partial charge in [-0.2, -0.15) is 0 Å². The van der Waals surface area contributed by atoms with Gasteiger partial charge in [0, 0.05) is 25.8 Å². The number of carbonyl (C=O) groups excluding carboxylic acids is 1. The number of aromatic nitrogens is 1. The number of nitrogens with two attached hydrogens (primary N) is 1. The summed E-state index contributed by atoms with van der Waals surface area (Å²) in [6.45, 7) is 1.58. The van der Waals surface area contributed by atoms with Crippen molar-refractivity contribution in [2.24, 2.45) is 0 Å². The van der Waals surface area contributed by atoms with Gasteiger partial charge in [-0.25, -0.2) is 9.19 Å². The average molecular weight is 281 g/mol. The molecule has 1 aromatic carbocycles. The van der Waals surface area contributed by atoms with Gasteiger partial charge in [-0.05, 0) is 19.1 Å². The van der Waals surface area contributed by atoms with Crippen LogP contribution in [0.5, 0.6) is 0 Å². The highest BCUT2D eigenvalue weighted by Gasteiger charge is 2.26. The van der Waals surface area contributed by atoms with Crippen LogP contribution in [0.25, 0.3) is 11.1 Å². The fraction of sp³-hybridized carbons (Fsp3) is 0.333. The Morgan fingerprint density at radius 1 is 1.47 bits per heavy atom. The molecule has 0 aliphatic heterocycles. The minimum absolute atomic E-state index is 0.0447. The first-order chi connectivity index (χ1) is 8.90. The first-order valence-corrected chi connectivity index (χ1v) is 6.89. The van der Waals surface area contributed by atoms with Crippen molar-refractivity contribution in [1.29, 1.82) is 0 Å². The minimum Gasteiger partial charge on any atom is -0.430 e. The maximum absolute atomic E-state index is 12.2. The Bertz CT molecular complexity index is 651. The zero-order chi connectivity index (χ0) is 14.2. The van der Waals surface area contributed by atoms with E-state index in [4.69, 9.17) is 10.2 Å². The Labute approximate surface area is 113 Å². The van der Waals surface area contributed by atoms with E-state index < -0.39 is 16.0 Å². The molecule has 0 bridgehead atoms. The number of benzene rings is 1. The van der Waals surface area contributed by atoms with Crippen LogP contribution in [0, 0.1) is 0 Å². The molecule has 2 unspecified atom stereocenters. The molecular formula is C12H15N3O3S. The summed E-state index contributed by atoms with van der Waals surface area (Å²) in [5.74, 6) is -0.236. The molecule has 2 aromatic rings. The fourth-order valence-corrected chi connectivity index (χ4v) is 2.67. The molecule has 0 fully saturated rings. The molecule has 102 valence electrons. The number of hydrogen-bond donors (Lipinski definition) is 1. The number of carbonyl (C=O) groups is 1. The van der Waals surface area contributed by atoms with Crippen molar-refractivity contribution in [3.05, 3.63) is 18.2 Å². The topological polar surface area (TPSA) is 89.4 Å². The van der Waals surface area contributed by atoms with Crippen LogP contribution >= 0.6 is 0 Å². The van der Waals surface area contributed by atoms with E-state index in [0.717, 1.165) is 0 Å². The summed E-state index contributed by atoms with van der Waals surface area (Å²) in [4.78, 5) is 17.3. The second-order valence-electron chi connectivity index (χ2n) is 4.38. The smallest absolute Gasteiger partial charge is 0.288 e. The monoisotopic (exact) mass is 281 g/mol. The molecule has 1 heterocycles. The van der Waals surface area contributed by atoms with Crippen LogP contribution in [0.4, 0.5) is 5.69 Å². The molecular weight excluding hydrogens is 266 g/mol. The van der Waals surface area contributed by atoms with E-state index in [-0.39, 0.29) is 11.1 Å². The predicted octanol–water partition coefficient (Wildman–Crippen LogP) is 0.994. The van der Waals surface area contributed by atoms with Gasteiger partial charge in [0.25, 0.3) is 5.22 Å². The van der Waals surface area contributed by atoms with E-state index in [1.165, 1.54) is 4.90 Å². The third kappa shape index (κ3) is 2.60. The highest BCUT2D eigenvalue weighted by Crippen LogP contribution is 2.21. The molecule has 2 atom stereocenters. The maximum atomic E-state index is 12.2. The van der Waals surface area contributed by atoms with Crippen LogP contribution in [0.2, 0.25) is 0 Å². The first-order valence-electron chi connectivity index (χ1n) is 5.68. The van der Waals surface area contributed by atoms with Crippen molar-refractivity contribution in [1.82, 2.24) is 9.88 Å². The Morgan fingerprint density at radius 3 is 2.79 bits per heavy atom. The predicted molar refractivity (Wildman–Crippen MR) is 73.0 cm³/mol. The lowest BCUT2D eigenvalue weighted by Crippen LogP contribution is -2.34. The normalized spacial score (nSPS) is 14.3. The number of nitrogens with zero attached hydrogens (tertiary/aromatic N) is 2. The zero-order valence-electron chi connectivity index (χ0n) is 10.9. The molecule has 7 heteroatoms. The van der Waals surface area contributed by atoms with Gasteiger partial charge in [0.15, 0.2) is 5.58 Å². The fourth-order valence-electron chi connectivity index (χ4n) is 1.61. The van der Waals surface area contributed by atoms with E-state index in [9.17, 15) is 9.00 Å². The van der Waals surface area contributed by atoms with Gasteiger partial charge in [0.2, 0.25) is 5.91 Å². The van der Waals surface area contributed by atoms with Gasteiger partial charge in [0.05, 0.1) is 0 Å². The summed E-state index contributed by atoms with van der Waals surface area (Å²) < 4.78 is 17.6. The van der Waals surface area contributed by atoms with Gasteiger partial charge < -0.3 is 15.1 Å². The summed E-state index contributed by atoms with van der Waals surface area (Å²) >= 11 is 0. The lowest BCUT2D eigenvalue weighted by atomic mass is 10.3. The van der Waals surface area contributed by atoms with Crippen molar-refractivity contribution < 1.29 is 13.4 Å². The van der Waals surface area contributed by atoms with Crippen molar-refractivity contribution in [2.75, 3.05) is 19.8 Å². The van der Waals surface area contributed by atoms with E-state index in [1.54, 1.807) is 39.2 Å². The first kappa shape index (κ1) is 13.5. The molecule has 0 aliphatic rings. The van der Waals surface area contributed by atoms with E-state index >= 15 is 0 Å². The average Bonchev–Trinajstić information content (AvgIpc) is 2.78. The molecule has 6 nitrogen and oxygen atoms in total. The van der Waals surface area contributed by atoms with Gasteiger partial charge in [-0.1, -0.05) is 0 Å². The van der Waals surface area contributed by atoms with Crippen molar-refractivity contribution >= 4 is 33.5 Å². The second kappa shape index (κ2) is 5.00. The molecule has 19 heavy (non-hydrogen) atoms. The lowest BCUT2D eigenvalue weighted by molar-refractivity contribution is -0.127. The summed E-state index contributed by atoms with van der Waals surface area (Å²) in [6, 6.07) is 4.99. The molecule has 0 radical (unpaired) electrons. The number of rotatable bonds is 3. The van der Waals surface area contributed by atoms with Crippen LogP contribution in [-0.2, 0) is 15.6 Å². The lowest BCUT2D eigenvalue weighted by Gasteiger charge is -2.14. The highest BCUT2D eigenvalue weighted by atomic mass is 32.2. The van der Waals surface area contributed by atoms with Crippen LogP contribution in [0.3, 0.4) is 0 Å². The summed E-state index contributed by atoms with van der Waals surface area (Å²) in [6.07, 6.45) is 0. The Balaban J connectivity index is 2.34. The third-order valence-electron chi connectivity index (χ3n) is 2.67. The third-order valence-corrected chi connectivity index (χ3v) is 4.04. The molecule has 2 rings (SSSR count). The van der Waals surface area contributed by atoms with E-state index in [0.29, 0.717) is 16.8 Å². The number of fused-ring (bicyclic) bond motifs is 1. The molecule has 1 amide bonds. The van der Waals surface area contributed by atoms with E-state index in [2.05, 4.69) is 4.98 Å². The standard InChI is InChI=1S/C12H15N3O3S/c1-7(11(16)15(2)3)19(17)12-14-9-5-4-8(13)6-10(9)18-12/h4-7H,13H2,1-3H3. The molecule has 0 saturated heterocycles. The van der Waals surface area contributed by atoms with Gasteiger partial charge >= 0.3 is 0 Å². The largest absolute Gasteiger partial charge is 0.430 e. The van der Waals surface area contributed by atoms with Gasteiger partial charge in [0.1, 0.15) is 21.6 Å². The van der Waals surface area contributed by atoms with Gasteiger partial charge in [-0.15, -0.1) is 0 Å². The van der Waals surface area contributed by atoms with Crippen molar-refractivity contribution in [3.63, 3.8) is 0 Å². The number of amides is 1. The number of hydrogen-bond acceptors (Lipinski definition) is 5. The highest BCUT2D eigenvalue weighted by molar-refractivity contribution is 7.86. The van der Waals surface area contributed by atoms with Gasteiger partial charge in [-0.3, -0.25) is 4.79 Å². The number of nitrogen functional groups attached to an aromatic ring is 1.